The summed E-state index contributed by atoms with van der Waals surface area (Å²) < 4.78 is 27.8. The van der Waals surface area contributed by atoms with Crippen LogP contribution in [0.2, 0.25) is 0 Å². The van der Waals surface area contributed by atoms with Gasteiger partial charge in [-0.15, -0.1) is 0 Å². The number of unbranched alkanes of at least 4 members (excludes halogenated alkanes) is 1. The van der Waals surface area contributed by atoms with E-state index in [2.05, 4.69) is 37.2 Å². The molecule has 0 radical (unpaired) electrons. The first kappa shape index (κ1) is 60.8. The molecule has 10 rings (SSSR count). The molecule has 23 heteroatoms. The zero-order valence-electron chi connectivity index (χ0n) is 48.3. The van der Waals surface area contributed by atoms with Crippen LogP contribution in [0.4, 0.5) is 9.18 Å². The molecule has 0 bridgehead atoms. The number of amides is 7. The molecular weight excluding hydrogens is 1120 g/mol. The van der Waals surface area contributed by atoms with E-state index in [0.717, 1.165) is 27.8 Å². The highest BCUT2D eigenvalue weighted by Gasteiger charge is 2.46. The second-order valence-corrected chi connectivity index (χ2v) is 22.3. The summed E-state index contributed by atoms with van der Waals surface area (Å²) in [7, 11) is 0. The molecule has 454 valence electrons. The van der Waals surface area contributed by atoms with Crippen molar-refractivity contribution in [3.63, 3.8) is 0 Å². The van der Waals surface area contributed by atoms with E-state index in [1.54, 1.807) is 50.2 Å². The van der Waals surface area contributed by atoms with Crippen LogP contribution in [0.3, 0.4) is 0 Å². The van der Waals surface area contributed by atoms with Crippen LogP contribution in [0.25, 0.3) is 33.4 Å². The minimum absolute atomic E-state index is 0.00437. The van der Waals surface area contributed by atoms with Gasteiger partial charge in [-0.05, 0) is 109 Å². The van der Waals surface area contributed by atoms with E-state index in [1.807, 2.05) is 48.5 Å². The van der Waals surface area contributed by atoms with Gasteiger partial charge in [-0.3, -0.25) is 33.6 Å². The molecule has 0 spiro atoms. The van der Waals surface area contributed by atoms with Crippen LogP contribution in [0, 0.1) is 12.7 Å². The summed E-state index contributed by atoms with van der Waals surface area (Å²) in [6.45, 7) is 1.97. The number of ether oxygens (including phenoxy) is 2. The predicted molar refractivity (Wildman–Crippen MR) is 317 cm³/mol. The van der Waals surface area contributed by atoms with Crippen LogP contribution < -0.4 is 48.5 Å². The van der Waals surface area contributed by atoms with Gasteiger partial charge >= 0.3 is 12.1 Å². The maximum atomic E-state index is 15.4. The molecule has 87 heavy (non-hydrogen) atoms. The molecule has 2 aromatic heterocycles. The van der Waals surface area contributed by atoms with Crippen LogP contribution in [-0.4, -0.2) is 114 Å². The first-order chi connectivity index (χ1) is 42.0. The lowest BCUT2D eigenvalue weighted by atomic mass is 9.81. The number of nitrogens with one attached hydrogen (secondary N) is 7. The highest BCUT2D eigenvalue weighted by molar-refractivity contribution is 5.95. The molecule has 10 N–H and O–H groups in total. The number of hydrogen-bond donors (Lipinski definition) is 9. The largest absolute Gasteiger partial charge is 0.458 e. The third-order valence-electron chi connectivity index (χ3n) is 16.7. The van der Waals surface area contributed by atoms with Crippen molar-refractivity contribution in [1.29, 1.82) is 0 Å². The molecule has 0 unspecified atom stereocenters. The third-order valence-corrected chi connectivity index (χ3v) is 16.7. The molecule has 4 heterocycles. The molecule has 4 atom stereocenters. The van der Waals surface area contributed by atoms with Gasteiger partial charge in [0.2, 0.25) is 35.4 Å². The number of halogens is 1. The molecule has 4 aliphatic rings. The first-order valence-corrected chi connectivity index (χ1v) is 29.3. The zero-order chi connectivity index (χ0) is 61.5. The van der Waals surface area contributed by atoms with E-state index >= 15 is 4.39 Å². The number of esters is 1. The average molecular weight is 1190 g/mol. The van der Waals surface area contributed by atoms with E-state index in [0.29, 0.717) is 76.8 Å². The van der Waals surface area contributed by atoms with Gasteiger partial charge in [0.25, 0.3) is 5.56 Å². The number of hydrogen-bond acceptors (Lipinski definition) is 14. The van der Waals surface area contributed by atoms with Gasteiger partial charge in [-0.25, -0.2) is 19.0 Å². The predicted octanol–water partition coefficient (Wildman–Crippen LogP) is 3.64. The van der Waals surface area contributed by atoms with Gasteiger partial charge in [0, 0.05) is 47.9 Å². The fourth-order valence-electron chi connectivity index (χ4n) is 12.2. The SMILES string of the molecule is CC[C@@]1(O)C(=O)OCc2c1cc1n(c2=O)Cc2c-1nc1cc(F)c(C)c3c1c2[C@@H](NC(=O)CCCNC(=O)CNC(=O)[C@H](Cc1ccccc1)NC(=O)CNC(=O)CNC(=O)[C@H](CCCCN)NC(=O)OCC1c2ccccc2-c2ccccc21)CC3. The molecule has 6 aromatic rings. The summed E-state index contributed by atoms with van der Waals surface area (Å²) in [5.74, 6) is -5.20. The summed E-state index contributed by atoms with van der Waals surface area (Å²) in [6.07, 6.45) is 1.54. The number of alkyl carbamates (subject to hydrolysis) is 1. The Balaban J connectivity index is 0.689. The molecule has 22 nitrogen and oxygen atoms in total. The van der Waals surface area contributed by atoms with E-state index in [1.165, 1.54) is 10.6 Å². The number of carbonyl (C=O) groups excluding carboxylic acids is 8. The Morgan fingerprint density at radius 2 is 1.46 bits per heavy atom. The molecular formula is C64H69FN10O12. The minimum Gasteiger partial charge on any atom is -0.458 e. The van der Waals surface area contributed by atoms with Gasteiger partial charge in [-0.1, -0.05) is 85.8 Å². The Hall–Kier alpha value is -9.35. The van der Waals surface area contributed by atoms with E-state index < -0.39 is 96.3 Å². The smallest absolute Gasteiger partial charge is 0.407 e. The lowest BCUT2D eigenvalue weighted by molar-refractivity contribution is -0.172. The van der Waals surface area contributed by atoms with Crippen LogP contribution in [-0.2, 0) is 74.6 Å². The highest BCUT2D eigenvalue weighted by atomic mass is 19.1. The second-order valence-electron chi connectivity index (χ2n) is 22.3. The van der Waals surface area contributed by atoms with Crippen molar-refractivity contribution in [1.82, 2.24) is 46.8 Å². The number of cyclic esters (lactones) is 1. The van der Waals surface area contributed by atoms with Gasteiger partial charge in [-0.2, -0.15) is 0 Å². The summed E-state index contributed by atoms with van der Waals surface area (Å²) in [4.78, 5) is 125. The number of aryl methyl sites for hydroxylation is 1. The van der Waals surface area contributed by atoms with Crippen LogP contribution in [0.5, 0.6) is 0 Å². The zero-order valence-corrected chi connectivity index (χ0v) is 48.3. The second kappa shape index (κ2) is 26.5. The Labute approximate surface area is 499 Å². The lowest BCUT2D eigenvalue weighted by Crippen LogP contribution is -2.53. The number of pyridine rings is 2. The van der Waals surface area contributed by atoms with Crippen molar-refractivity contribution in [2.75, 3.05) is 39.3 Å². The van der Waals surface area contributed by atoms with Crippen molar-refractivity contribution < 1.29 is 57.3 Å². The van der Waals surface area contributed by atoms with Gasteiger partial charge in [0.05, 0.1) is 54.7 Å². The number of fused-ring (bicyclic) bond motifs is 8. The summed E-state index contributed by atoms with van der Waals surface area (Å²) in [5.41, 5.74) is 12.0. The van der Waals surface area contributed by atoms with Crippen molar-refractivity contribution in [2.24, 2.45) is 5.73 Å². The van der Waals surface area contributed by atoms with E-state index in [9.17, 15) is 48.3 Å². The van der Waals surface area contributed by atoms with E-state index in [4.69, 9.17) is 20.2 Å². The number of benzene rings is 4. The number of nitrogens with two attached hydrogens (primary N) is 1. The summed E-state index contributed by atoms with van der Waals surface area (Å²) in [6, 6.07) is 24.7. The quantitative estimate of drug-likeness (QED) is 0.0308. The maximum absolute atomic E-state index is 15.4. The molecule has 2 aliphatic carbocycles. The number of aliphatic hydroxyl groups is 1. The fourth-order valence-corrected chi connectivity index (χ4v) is 12.2. The number of rotatable bonds is 24. The molecule has 2 aliphatic heterocycles. The monoisotopic (exact) mass is 1190 g/mol. The number of aromatic nitrogens is 2. The Bertz CT molecular complexity index is 3740. The fraction of sp³-hybridized carbons (Fsp3) is 0.375. The Kier molecular flexibility index (Phi) is 18.5. The Morgan fingerprint density at radius 1 is 0.793 bits per heavy atom. The van der Waals surface area contributed by atoms with Crippen molar-refractivity contribution in [3.8, 4) is 22.5 Å². The average Bonchev–Trinajstić information content (AvgIpc) is 1.91. The highest BCUT2D eigenvalue weighted by Crippen LogP contribution is 2.47. The normalized spacial score (nSPS) is 16.6. The summed E-state index contributed by atoms with van der Waals surface area (Å²) >= 11 is 0. The molecule has 0 saturated heterocycles. The summed E-state index contributed by atoms with van der Waals surface area (Å²) in [5, 5.41) is 30.7. The maximum Gasteiger partial charge on any atom is 0.407 e. The van der Waals surface area contributed by atoms with Crippen LogP contribution >= 0.6 is 0 Å². The minimum atomic E-state index is -2.05. The van der Waals surface area contributed by atoms with Gasteiger partial charge in [0.1, 0.15) is 31.1 Å². The topological polar surface area (TPSA) is 320 Å². The van der Waals surface area contributed by atoms with Crippen LogP contribution in [0.1, 0.15) is 114 Å². The third kappa shape index (κ3) is 12.9. The van der Waals surface area contributed by atoms with E-state index in [-0.39, 0.29) is 81.4 Å². The molecule has 7 amide bonds. The number of nitrogens with zero attached hydrogens (tertiary/aromatic N) is 2. The number of carbonyl (C=O) groups is 8. The molecule has 0 fully saturated rings. The first-order valence-electron chi connectivity index (χ1n) is 29.3. The van der Waals surface area contributed by atoms with Crippen molar-refractivity contribution in [2.45, 2.75) is 114 Å². The Morgan fingerprint density at radius 3 is 2.16 bits per heavy atom. The van der Waals surface area contributed by atoms with Crippen LogP contribution in [0.15, 0.2) is 95.8 Å². The van der Waals surface area contributed by atoms with Gasteiger partial charge in [0.15, 0.2) is 5.60 Å². The van der Waals surface area contributed by atoms with Crippen molar-refractivity contribution in [3.05, 3.63) is 157 Å². The lowest BCUT2D eigenvalue weighted by Gasteiger charge is -2.31. The van der Waals surface area contributed by atoms with Crippen molar-refractivity contribution >= 4 is 58.4 Å². The molecule has 0 saturated carbocycles. The van der Waals surface area contributed by atoms with Gasteiger partial charge < -0.3 is 62.1 Å². The molecule has 4 aromatic carbocycles. The standard InChI is InChI=1S/C64H69FN10O12/c1-3-64(85)45-27-51-58-42(32-75(51)61(82)44(45)34-86-62(64)83)57-47(23-22-37-35(2)46(65)28-49(73-58)56(37)57)71-52(76)21-13-25-67-53(77)29-70-60(81)50(26-36-14-5-4-6-15-36)72-55(79)31-68-54(78)30-69-59(80)48(20-11-12-24-66)74-63(84)87-33-43-40-18-9-7-16-38(40)39-17-8-10-19-41(39)43/h4-10,14-19,27-28,43,47-48,50,85H,3,11-13,20-26,29-34,66H2,1-2H3,(H,67,77)(H,68,78)(H,69,80)(H,70,81)(H,71,76)(H,72,79)(H,74,84)/t47-,48-,50-,64-/m0/s1.